The molecule has 0 N–H and O–H groups in total. The third-order valence-electron chi connectivity index (χ3n) is 6.87. The summed E-state index contributed by atoms with van der Waals surface area (Å²) < 4.78 is 0. The van der Waals surface area contributed by atoms with Gasteiger partial charge in [-0.25, -0.2) is 0 Å². The smallest absolute Gasteiger partial charge is 0.0983 e. The zero-order chi connectivity index (χ0) is 21.3. The van der Waals surface area contributed by atoms with Crippen LogP contribution in [0.25, 0.3) is 0 Å². The van der Waals surface area contributed by atoms with Crippen LogP contribution in [0.2, 0.25) is 0 Å². The van der Waals surface area contributed by atoms with Crippen LogP contribution < -0.4 is 0 Å². The van der Waals surface area contributed by atoms with Crippen LogP contribution in [0.1, 0.15) is 68.2 Å². The highest BCUT2D eigenvalue weighted by Gasteiger charge is 2.34. The van der Waals surface area contributed by atoms with E-state index >= 15 is 0 Å². The van der Waals surface area contributed by atoms with Crippen molar-refractivity contribution in [3.05, 3.63) is 59.2 Å². The lowest BCUT2D eigenvalue weighted by Crippen LogP contribution is -2.35. The molecule has 0 aromatic heterocycles. The maximum Gasteiger partial charge on any atom is 0.0983 e. The molecule has 0 bridgehead atoms. The third kappa shape index (κ3) is 4.42. The van der Waals surface area contributed by atoms with Crippen LogP contribution in [0.5, 0.6) is 0 Å². The molecule has 2 aliphatic carbocycles. The summed E-state index contributed by atoms with van der Waals surface area (Å²) in [5.41, 5.74) is 6.14. The van der Waals surface area contributed by atoms with Gasteiger partial charge in [-0.2, -0.15) is 0 Å². The lowest BCUT2D eigenvalue weighted by Gasteiger charge is -2.38. The Morgan fingerprint density at radius 1 is 0.655 bits per heavy atom. The predicted molar refractivity (Wildman–Crippen MR) is 126 cm³/mol. The Morgan fingerprint density at radius 2 is 1.03 bits per heavy atom. The van der Waals surface area contributed by atoms with Crippen molar-refractivity contribution in [1.82, 2.24) is 9.80 Å². The standard InChI is InChI=1S/C27H42N2/c1-18(2)22-11-9-12-23(19(3)4)26(22)28-15-16-29(17-28)27-24(20(5)6)13-10-14-25(27)21(7)8/h9-11,13,15-16,18-21,23,25H,12,14,17H2,1-8H3. The molecule has 0 amide bonds. The first kappa shape index (κ1) is 22.0. The van der Waals surface area contributed by atoms with Crippen molar-refractivity contribution in [2.45, 2.75) is 68.2 Å². The van der Waals surface area contributed by atoms with E-state index in [0.29, 0.717) is 35.5 Å². The average molecular weight is 395 g/mol. The maximum absolute atomic E-state index is 2.55. The normalized spacial score (nSPS) is 25.2. The Morgan fingerprint density at radius 3 is 1.34 bits per heavy atom. The summed E-state index contributed by atoms with van der Waals surface area (Å²) in [5, 5.41) is 0. The first-order chi connectivity index (χ1) is 13.7. The highest BCUT2D eigenvalue weighted by atomic mass is 15.4. The van der Waals surface area contributed by atoms with Crippen molar-refractivity contribution in [2.24, 2.45) is 35.5 Å². The molecule has 160 valence electrons. The van der Waals surface area contributed by atoms with E-state index < -0.39 is 0 Å². The zero-order valence-electron chi connectivity index (χ0n) is 19.9. The third-order valence-corrected chi connectivity index (χ3v) is 6.87. The number of hydrogen-bond donors (Lipinski definition) is 0. The van der Waals surface area contributed by atoms with Gasteiger partial charge in [0.05, 0.1) is 6.67 Å². The van der Waals surface area contributed by atoms with Gasteiger partial charge in [0.15, 0.2) is 0 Å². The van der Waals surface area contributed by atoms with Gasteiger partial charge >= 0.3 is 0 Å². The highest BCUT2D eigenvalue weighted by Crippen LogP contribution is 2.41. The maximum atomic E-state index is 2.55. The Bertz CT molecular complexity index is 680. The molecule has 0 aromatic carbocycles. The summed E-state index contributed by atoms with van der Waals surface area (Å²) in [6.45, 7) is 19.8. The van der Waals surface area contributed by atoms with Gasteiger partial charge in [-0.15, -0.1) is 0 Å². The first-order valence-electron chi connectivity index (χ1n) is 11.7. The van der Waals surface area contributed by atoms with Crippen molar-refractivity contribution < 1.29 is 0 Å². The molecule has 1 heterocycles. The second-order valence-corrected chi connectivity index (χ2v) is 10.3. The highest BCUT2D eigenvalue weighted by molar-refractivity contribution is 5.37. The van der Waals surface area contributed by atoms with E-state index in [1.807, 2.05) is 0 Å². The largest absolute Gasteiger partial charge is 0.331 e. The molecule has 0 fully saturated rings. The van der Waals surface area contributed by atoms with Crippen molar-refractivity contribution in [2.75, 3.05) is 6.67 Å². The molecular weight excluding hydrogens is 352 g/mol. The van der Waals surface area contributed by atoms with Crippen molar-refractivity contribution in [3.8, 4) is 0 Å². The zero-order valence-corrected chi connectivity index (χ0v) is 19.9. The van der Waals surface area contributed by atoms with E-state index in [9.17, 15) is 0 Å². The molecule has 2 unspecified atom stereocenters. The molecular formula is C27H42N2. The Balaban J connectivity index is 1.96. The lowest BCUT2D eigenvalue weighted by atomic mass is 9.80. The minimum atomic E-state index is 0.553. The number of nitrogens with zero attached hydrogens (tertiary/aromatic N) is 2. The van der Waals surface area contributed by atoms with Gasteiger partial charge < -0.3 is 9.80 Å². The van der Waals surface area contributed by atoms with E-state index in [-0.39, 0.29) is 0 Å². The molecule has 2 atom stereocenters. The van der Waals surface area contributed by atoms with Crippen molar-refractivity contribution >= 4 is 0 Å². The molecule has 2 heteroatoms. The van der Waals surface area contributed by atoms with E-state index in [4.69, 9.17) is 0 Å². The lowest BCUT2D eigenvalue weighted by molar-refractivity contribution is 0.254. The van der Waals surface area contributed by atoms with Gasteiger partial charge in [-0.1, -0.05) is 79.7 Å². The van der Waals surface area contributed by atoms with Gasteiger partial charge in [0.25, 0.3) is 0 Å². The SMILES string of the molecule is CC(C)C1=C(N2C=CN(C3=C(C(C)C)C=CCC3C(C)C)C2)C(C(C)C)CC=C1. The van der Waals surface area contributed by atoms with Crippen LogP contribution in [0.4, 0.5) is 0 Å². The van der Waals surface area contributed by atoms with Crippen LogP contribution in [-0.2, 0) is 0 Å². The fraction of sp³-hybridized carbons (Fsp3) is 0.630. The Hall–Kier alpha value is -1.70. The Kier molecular flexibility index (Phi) is 6.81. The van der Waals surface area contributed by atoms with Crippen LogP contribution >= 0.6 is 0 Å². The first-order valence-corrected chi connectivity index (χ1v) is 11.7. The summed E-state index contributed by atoms with van der Waals surface area (Å²) in [6.07, 6.45) is 16.5. The van der Waals surface area contributed by atoms with E-state index in [2.05, 4.69) is 102 Å². The number of hydrogen-bond acceptors (Lipinski definition) is 2. The molecule has 3 aliphatic rings. The minimum Gasteiger partial charge on any atom is -0.331 e. The average Bonchev–Trinajstić information content (AvgIpc) is 3.15. The van der Waals surface area contributed by atoms with E-state index in [1.165, 1.54) is 11.1 Å². The fourth-order valence-corrected chi connectivity index (χ4v) is 5.15. The van der Waals surface area contributed by atoms with Crippen molar-refractivity contribution in [3.63, 3.8) is 0 Å². The molecule has 2 nitrogen and oxygen atoms in total. The Labute approximate surface area is 179 Å². The van der Waals surface area contributed by atoms with Crippen LogP contribution in [0.3, 0.4) is 0 Å². The number of rotatable bonds is 6. The summed E-state index contributed by atoms with van der Waals surface area (Å²) in [6, 6.07) is 0. The molecule has 0 spiro atoms. The molecule has 3 rings (SSSR count). The van der Waals surface area contributed by atoms with Gasteiger partial charge in [0.1, 0.15) is 0 Å². The van der Waals surface area contributed by atoms with Gasteiger partial charge in [-0.3, -0.25) is 0 Å². The van der Waals surface area contributed by atoms with Crippen LogP contribution in [-0.4, -0.2) is 16.5 Å². The van der Waals surface area contributed by atoms with E-state index in [1.54, 1.807) is 11.4 Å². The summed E-state index contributed by atoms with van der Waals surface area (Å²) >= 11 is 0. The summed E-state index contributed by atoms with van der Waals surface area (Å²) in [5.74, 6) is 3.61. The predicted octanol–water partition coefficient (Wildman–Crippen LogP) is 7.32. The van der Waals surface area contributed by atoms with Crippen LogP contribution in [0, 0.1) is 35.5 Å². The summed E-state index contributed by atoms with van der Waals surface area (Å²) in [7, 11) is 0. The van der Waals surface area contributed by atoms with Gasteiger partial charge in [-0.05, 0) is 47.7 Å². The van der Waals surface area contributed by atoms with E-state index in [0.717, 1.165) is 19.5 Å². The quantitative estimate of drug-likeness (QED) is 0.466. The van der Waals surface area contributed by atoms with Crippen molar-refractivity contribution in [1.29, 1.82) is 0 Å². The molecule has 0 saturated heterocycles. The van der Waals surface area contributed by atoms with Gasteiger partial charge in [0.2, 0.25) is 0 Å². The molecule has 29 heavy (non-hydrogen) atoms. The topological polar surface area (TPSA) is 6.48 Å². The summed E-state index contributed by atoms with van der Waals surface area (Å²) in [4.78, 5) is 5.09. The second kappa shape index (κ2) is 8.98. The molecule has 0 saturated carbocycles. The van der Waals surface area contributed by atoms with Gasteiger partial charge in [0, 0.05) is 35.6 Å². The number of allylic oxidation sites excluding steroid dienone is 8. The minimum absolute atomic E-state index is 0.553. The van der Waals surface area contributed by atoms with Crippen LogP contribution in [0.15, 0.2) is 59.2 Å². The molecule has 1 aliphatic heterocycles. The fourth-order valence-electron chi connectivity index (χ4n) is 5.15. The molecule has 0 radical (unpaired) electrons. The second-order valence-electron chi connectivity index (χ2n) is 10.3. The monoisotopic (exact) mass is 394 g/mol. The molecule has 0 aromatic rings.